The molecule has 0 aliphatic rings. The normalized spacial score (nSPS) is 11.6. The van der Waals surface area contributed by atoms with Crippen molar-refractivity contribution in [2.75, 3.05) is 25.1 Å². The topological polar surface area (TPSA) is 79.9 Å². The molecule has 2 N–H and O–H groups in total. The Balaban J connectivity index is 2.35. The van der Waals surface area contributed by atoms with Crippen LogP contribution in [0.1, 0.15) is 52.7 Å². The number of ether oxygens (including phenoxy) is 1. The Labute approximate surface area is 120 Å². The Morgan fingerprint density at radius 2 is 1.90 bits per heavy atom. The van der Waals surface area contributed by atoms with Crippen LogP contribution in [0.25, 0.3) is 0 Å². The van der Waals surface area contributed by atoms with E-state index in [2.05, 4.69) is 27.4 Å². The van der Waals surface area contributed by atoms with Gasteiger partial charge in [0, 0.05) is 25.2 Å². The molecule has 20 heavy (non-hydrogen) atoms. The van der Waals surface area contributed by atoms with Gasteiger partial charge in [-0.15, -0.1) is 10.2 Å². The molecule has 0 saturated heterocycles. The summed E-state index contributed by atoms with van der Waals surface area (Å²) in [6.45, 7) is 10.2. The SMILES string of the molecule is CCCCOCCCNc1nnc(C(C)(C)C)c(=O)[nH]1. The van der Waals surface area contributed by atoms with Crippen LogP contribution >= 0.6 is 0 Å². The first kappa shape index (κ1) is 16.6. The first-order chi connectivity index (χ1) is 9.45. The van der Waals surface area contributed by atoms with E-state index in [-0.39, 0.29) is 11.0 Å². The van der Waals surface area contributed by atoms with E-state index in [0.29, 0.717) is 24.8 Å². The molecule has 0 amide bonds. The molecular weight excluding hydrogens is 256 g/mol. The van der Waals surface area contributed by atoms with Gasteiger partial charge in [-0.2, -0.15) is 0 Å². The lowest BCUT2D eigenvalue weighted by Gasteiger charge is -2.15. The first-order valence-electron chi connectivity index (χ1n) is 7.24. The molecule has 0 saturated carbocycles. The van der Waals surface area contributed by atoms with Gasteiger partial charge in [-0.05, 0) is 12.8 Å². The van der Waals surface area contributed by atoms with E-state index in [4.69, 9.17) is 4.74 Å². The number of anilines is 1. The predicted molar refractivity (Wildman–Crippen MR) is 80.2 cm³/mol. The number of unbranched alkanes of at least 4 members (excludes halogenated alkanes) is 1. The maximum absolute atomic E-state index is 11.9. The van der Waals surface area contributed by atoms with Gasteiger partial charge >= 0.3 is 0 Å². The fourth-order valence-corrected chi connectivity index (χ4v) is 1.64. The Bertz CT molecular complexity index is 451. The summed E-state index contributed by atoms with van der Waals surface area (Å²) in [6.07, 6.45) is 3.12. The summed E-state index contributed by atoms with van der Waals surface area (Å²) in [7, 11) is 0. The van der Waals surface area contributed by atoms with Crippen molar-refractivity contribution < 1.29 is 4.74 Å². The average molecular weight is 282 g/mol. The Hall–Kier alpha value is -1.43. The van der Waals surface area contributed by atoms with Crippen LogP contribution < -0.4 is 10.9 Å². The molecule has 6 heteroatoms. The molecule has 0 aromatic carbocycles. The van der Waals surface area contributed by atoms with Gasteiger partial charge in [-0.3, -0.25) is 9.78 Å². The second-order valence-corrected chi connectivity index (χ2v) is 5.85. The molecule has 0 unspecified atom stereocenters. The van der Waals surface area contributed by atoms with Crippen LogP contribution in [-0.2, 0) is 10.2 Å². The molecule has 0 atom stereocenters. The first-order valence-corrected chi connectivity index (χ1v) is 7.24. The molecule has 0 radical (unpaired) electrons. The highest BCUT2D eigenvalue weighted by Crippen LogP contribution is 2.15. The number of nitrogens with one attached hydrogen (secondary N) is 2. The fraction of sp³-hybridized carbons (Fsp3) is 0.786. The van der Waals surface area contributed by atoms with Crippen LogP contribution in [-0.4, -0.2) is 34.9 Å². The van der Waals surface area contributed by atoms with Crippen LogP contribution in [0.15, 0.2) is 4.79 Å². The molecule has 0 aliphatic carbocycles. The van der Waals surface area contributed by atoms with Crippen LogP contribution in [0.5, 0.6) is 0 Å². The van der Waals surface area contributed by atoms with E-state index < -0.39 is 0 Å². The number of aromatic amines is 1. The zero-order chi connectivity index (χ0) is 15.0. The van der Waals surface area contributed by atoms with Crippen LogP contribution in [0.3, 0.4) is 0 Å². The minimum Gasteiger partial charge on any atom is -0.381 e. The summed E-state index contributed by atoms with van der Waals surface area (Å²) in [5.74, 6) is 0.413. The van der Waals surface area contributed by atoms with E-state index in [1.807, 2.05) is 20.8 Å². The molecular formula is C14H26N4O2. The second-order valence-electron chi connectivity index (χ2n) is 5.85. The Morgan fingerprint density at radius 1 is 1.20 bits per heavy atom. The maximum Gasteiger partial charge on any atom is 0.274 e. The molecule has 1 aromatic heterocycles. The van der Waals surface area contributed by atoms with E-state index in [1.54, 1.807) is 0 Å². The third-order valence-corrected chi connectivity index (χ3v) is 2.81. The highest BCUT2D eigenvalue weighted by Gasteiger charge is 2.20. The zero-order valence-electron chi connectivity index (χ0n) is 13.0. The second kappa shape index (κ2) is 7.99. The van der Waals surface area contributed by atoms with E-state index in [1.165, 1.54) is 0 Å². The van der Waals surface area contributed by atoms with E-state index in [0.717, 1.165) is 25.9 Å². The summed E-state index contributed by atoms with van der Waals surface area (Å²) < 4.78 is 5.45. The molecule has 0 bridgehead atoms. The fourth-order valence-electron chi connectivity index (χ4n) is 1.64. The molecule has 1 rings (SSSR count). The van der Waals surface area contributed by atoms with Crippen molar-refractivity contribution >= 4 is 5.95 Å². The van der Waals surface area contributed by atoms with Crippen molar-refractivity contribution in [2.24, 2.45) is 0 Å². The number of nitrogens with zero attached hydrogens (tertiary/aromatic N) is 2. The summed E-state index contributed by atoms with van der Waals surface area (Å²) in [4.78, 5) is 14.6. The summed E-state index contributed by atoms with van der Waals surface area (Å²) in [5, 5.41) is 11.0. The van der Waals surface area contributed by atoms with Crippen molar-refractivity contribution in [3.05, 3.63) is 16.0 Å². The van der Waals surface area contributed by atoms with Gasteiger partial charge in [0.2, 0.25) is 5.95 Å². The van der Waals surface area contributed by atoms with Crippen LogP contribution in [0.2, 0.25) is 0 Å². The zero-order valence-corrected chi connectivity index (χ0v) is 13.0. The lowest BCUT2D eigenvalue weighted by molar-refractivity contribution is 0.131. The summed E-state index contributed by atoms with van der Waals surface area (Å²) in [6, 6.07) is 0. The summed E-state index contributed by atoms with van der Waals surface area (Å²) in [5.41, 5.74) is -0.0354. The quantitative estimate of drug-likeness (QED) is 0.714. The molecule has 1 heterocycles. The van der Waals surface area contributed by atoms with Crippen molar-refractivity contribution in [3.8, 4) is 0 Å². The number of H-pyrrole nitrogens is 1. The van der Waals surface area contributed by atoms with Crippen molar-refractivity contribution in [2.45, 2.75) is 52.4 Å². The van der Waals surface area contributed by atoms with Gasteiger partial charge in [0.15, 0.2) is 0 Å². The lowest BCUT2D eigenvalue weighted by Crippen LogP contribution is -2.28. The summed E-state index contributed by atoms with van der Waals surface area (Å²) >= 11 is 0. The highest BCUT2D eigenvalue weighted by molar-refractivity contribution is 5.22. The van der Waals surface area contributed by atoms with Crippen molar-refractivity contribution in [1.29, 1.82) is 0 Å². The molecule has 6 nitrogen and oxygen atoms in total. The van der Waals surface area contributed by atoms with E-state index in [9.17, 15) is 4.79 Å². The van der Waals surface area contributed by atoms with Gasteiger partial charge in [0.25, 0.3) is 5.56 Å². The number of rotatable bonds is 8. The van der Waals surface area contributed by atoms with Gasteiger partial charge in [0.05, 0.1) is 0 Å². The Kier molecular flexibility index (Phi) is 6.64. The Morgan fingerprint density at radius 3 is 2.50 bits per heavy atom. The number of hydrogen-bond donors (Lipinski definition) is 2. The van der Waals surface area contributed by atoms with Crippen LogP contribution in [0, 0.1) is 0 Å². The van der Waals surface area contributed by atoms with Crippen LogP contribution in [0.4, 0.5) is 5.95 Å². The van der Waals surface area contributed by atoms with E-state index >= 15 is 0 Å². The minimum atomic E-state index is -0.299. The smallest absolute Gasteiger partial charge is 0.274 e. The molecule has 114 valence electrons. The van der Waals surface area contributed by atoms with Gasteiger partial charge in [-0.1, -0.05) is 34.1 Å². The molecule has 1 aromatic rings. The highest BCUT2D eigenvalue weighted by atomic mass is 16.5. The monoisotopic (exact) mass is 282 g/mol. The molecule has 0 aliphatic heterocycles. The maximum atomic E-state index is 11.9. The lowest BCUT2D eigenvalue weighted by atomic mass is 9.93. The number of aromatic nitrogens is 3. The third kappa shape index (κ3) is 5.69. The largest absolute Gasteiger partial charge is 0.381 e. The standard InChI is InChI=1S/C14H26N4O2/c1-5-6-9-20-10-7-8-15-13-16-12(19)11(17-18-13)14(2,3)4/h5-10H2,1-4H3,(H2,15,16,18,19). The van der Waals surface area contributed by atoms with Gasteiger partial charge < -0.3 is 10.1 Å². The van der Waals surface area contributed by atoms with Gasteiger partial charge in [0.1, 0.15) is 5.69 Å². The molecule has 0 spiro atoms. The third-order valence-electron chi connectivity index (χ3n) is 2.81. The predicted octanol–water partition coefficient (Wildman–Crippen LogP) is 2.08. The minimum absolute atomic E-state index is 0.186. The van der Waals surface area contributed by atoms with Crippen molar-refractivity contribution in [1.82, 2.24) is 15.2 Å². The van der Waals surface area contributed by atoms with Gasteiger partial charge in [-0.25, -0.2) is 0 Å². The average Bonchev–Trinajstić information content (AvgIpc) is 2.36. The number of hydrogen-bond acceptors (Lipinski definition) is 5. The van der Waals surface area contributed by atoms with Crippen molar-refractivity contribution in [3.63, 3.8) is 0 Å². The molecule has 0 fully saturated rings.